The Balaban J connectivity index is 1.63. The molecule has 2 fully saturated rings. The molecule has 2 aliphatic heterocycles. The number of thiophene rings is 1. The van der Waals surface area contributed by atoms with Crippen LogP contribution in [0.4, 0.5) is 0 Å². The number of esters is 1. The molecule has 7 atom stereocenters. The van der Waals surface area contributed by atoms with E-state index in [-0.39, 0.29) is 12.0 Å². The van der Waals surface area contributed by atoms with Gasteiger partial charge in [0.1, 0.15) is 4.88 Å². The monoisotopic (exact) mass is 533 g/mol. The van der Waals surface area contributed by atoms with E-state index in [0.717, 1.165) is 48.0 Å². The molecule has 2 N–H and O–H groups in total. The van der Waals surface area contributed by atoms with Crippen LogP contribution < -0.4 is 5.32 Å². The number of allylic oxidation sites excluding steroid dienone is 1. The van der Waals surface area contributed by atoms with Gasteiger partial charge in [-0.25, -0.2) is 4.79 Å². The van der Waals surface area contributed by atoms with E-state index >= 15 is 0 Å². The van der Waals surface area contributed by atoms with Crippen molar-refractivity contribution >= 4 is 29.5 Å². The summed E-state index contributed by atoms with van der Waals surface area (Å²) in [5.74, 6) is -2.14. The summed E-state index contributed by atoms with van der Waals surface area (Å²) >= 11 is 1.10. The van der Waals surface area contributed by atoms with Crippen molar-refractivity contribution in [2.45, 2.75) is 63.7 Å². The average molecular weight is 534 g/mol. The van der Waals surface area contributed by atoms with Gasteiger partial charge in [-0.2, -0.15) is 0 Å². The van der Waals surface area contributed by atoms with Gasteiger partial charge in [-0.3, -0.25) is 9.59 Å². The number of aliphatic hydroxyl groups is 1. The van der Waals surface area contributed by atoms with Crippen LogP contribution in [0.15, 0.2) is 60.7 Å². The minimum atomic E-state index is -1.61. The summed E-state index contributed by atoms with van der Waals surface area (Å²) in [6.45, 7) is 8.34. The number of hydrogen-bond acceptors (Lipinski definition) is 6. The summed E-state index contributed by atoms with van der Waals surface area (Å²) in [4.78, 5) is 40.3. The number of aryl methyl sites for hydroxylation is 1. The van der Waals surface area contributed by atoms with Crippen molar-refractivity contribution in [1.29, 1.82) is 0 Å². The molecule has 1 saturated carbocycles. The lowest BCUT2D eigenvalue weighted by atomic mass is 9.59. The van der Waals surface area contributed by atoms with E-state index in [9.17, 15) is 19.5 Å². The molecule has 1 saturated heterocycles. The van der Waals surface area contributed by atoms with E-state index in [4.69, 9.17) is 4.74 Å². The number of ether oxygens (including phenoxy) is 1. The molecule has 0 radical (unpaired) electrons. The van der Waals surface area contributed by atoms with Crippen molar-refractivity contribution < 1.29 is 24.2 Å². The Morgan fingerprint density at radius 1 is 1.24 bits per heavy atom. The fourth-order valence-corrected chi connectivity index (χ4v) is 7.52. The predicted molar refractivity (Wildman–Crippen MR) is 147 cm³/mol. The van der Waals surface area contributed by atoms with E-state index in [1.165, 1.54) is 0 Å². The standard InChI is InChI=1S/C31H35NO5S/c1-18-9-7-13-22-16-25(38-26(22)17-33)29(35)37-31-23(14-8-10-18)28(34)20(3)19(2)27(31)24(32-30(31)36)15-21-11-5-4-6-12-21/h4-6,8,11-12,14,16-19,23-24,27-28,34H,3,7,9-10,13,15H2,1-2H3,(H,32,36)/b14-8+/t18-,19-,23+,24+,27+,28-,31-/m1/s1. The van der Waals surface area contributed by atoms with Crippen molar-refractivity contribution in [3.8, 4) is 0 Å². The molecule has 3 heterocycles. The third-order valence-electron chi connectivity index (χ3n) is 8.67. The summed E-state index contributed by atoms with van der Waals surface area (Å²) in [5, 5.41) is 14.6. The molecule has 1 spiro atoms. The number of aliphatic hydroxyl groups excluding tert-OH is 1. The minimum Gasteiger partial charge on any atom is -0.444 e. The topological polar surface area (TPSA) is 92.7 Å². The summed E-state index contributed by atoms with van der Waals surface area (Å²) in [6, 6.07) is 11.3. The first kappa shape index (κ1) is 26.6. The molecule has 2 aromatic rings. The lowest BCUT2D eigenvalue weighted by Crippen LogP contribution is -2.61. The summed E-state index contributed by atoms with van der Waals surface area (Å²) in [5.41, 5.74) is 0.934. The Bertz CT molecular complexity index is 1270. The Kier molecular flexibility index (Phi) is 7.43. The van der Waals surface area contributed by atoms with Crippen LogP contribution >= 0.6 is 11.3 Å². The zero-order chi connectivity index (χ0) is 27.0. The van der Waals surface area contributed by atoms with Crippen molar-refractivity contribution in [2.24, 2.45) is 23.7 Å². The minimum absolute atomic E-state index is 0.280. The Labute approximate surface area is 227 Å². The third-order valence-corrected chi connectivity index (χ3v) is 9.76. The molecule has 1 amide bonds. The van der Waals surface area contributed by atoms with Crippen LogP contribution in [-0.4, -0.2) is 41.0 Å². The van der Waals surface area contributed by atoms with Crippen molar-refractivity contribution in [3.05, 3.63) is 81.6 Å². The highest BCUT2D eigenvalue weighted by atomic mass is 32.1. The number of nitrogens with one attached hydrogen (secondary N) is 1. The number of aldehydes is 1. The van der Waals surface area contributed by atoms with Gasteiger partial charge in [0.25, 0.3) is 5.91 Å². The molecule has 0 unspecified atom stereocenters. The van der Waals surface area contributed by atoms with E-state index in [1.807, 2.05) is 49.4 Å². The van der Waals surface area contributed by atoms with Gasteiger partial charge in [-0.15, -0.1) is 11.3 Å². The van der Waals surface area contributed by atoms with Gasteiger partial charge in [0.2, 0.25) is 5.60 Å². The first-order chi connectivity index (χ1) is 18.3. The maximum atomic E-state index is 14.0. The average Bonchev–Trinajstić information content (AvgIpc) is 3.43. The zero-order valence-corrected chi connectivity index (χ0v) is 22.7. The molecular weight excluding hydrogens is 498 g/mol. The number of benzene rings is 1. The van der Waals surface area contributed by atoms with E-state index in [0.29, 0.717) is 34.1 Å². The Morgan fingerprint density at radius 3 is 2.74 bits per heavy atom. The largest absolute Gasteiger partial charge is 0.444 e. The van der Waals surface area contributed by atoms with Gasteiger partial charge >= 0.3 is 5.97 Å². The van der Waals surface area contributed by atoms with Crippen LogP contribution in [0.5, 0.6) is 0 Å². The highest BCUT2D eigenvalue weighted by Crippen LogP contribution is 2.52. The van der Waals surface area contributed by atoms with Crippen LogP contribution in [0.2, 0.25) is 0 Å². The number of rotatable bonds is 3. The summed E-state index contributed by atoms with van der Waals surface area (Å²) < 4.78 is 6.30. The van der Waals surface area contributed by atoms with E-state index < -0.39 is 35.4 Å². The van der Waals surface area contributed by atoms with Crippen LogP contribution in [0.25, 0.3) is 0 Å². The van der Waals surface area contributed by atoms with Crippen molar-refractivity contribution in [3.63, 3.8) is 0 Å². The van der Waals surface area contributed by atoms with Crippen molar-refractivity contribution in [1.82, 2.24) is 5.32 Å². The smallest absolute Gasteiger partial charge is 0.349 e. The first-order valence-corrected chi connectivity index (χ1v) is 14.3. The van der Waals surface area contributed by atoms with Gasteiger partial charge in [0.05, 0.1) is 16.9 Å². The number of carbonyl (C=O) groups excluding carboxylic acids is 3. The molecule has 200 valence electrons. The van der Waals surface area contributed by atoms with Crippen LogP contribution in [0.3, 0.4) is 0 Å². The summed E-state index contributed by atoms with van der Waals surface area (Å²) in [6.07, 6.45) is 7.53. The normalized spacial score (nSPS) is 34.3. The number of hydrogen-bond donors (Lipinski definition) is 2. The van der Waals surface area contributed by atoms with Gasteiger partial charge in [-0.1, -0.05) is 69.3 Å². The molecule has 1 aromatic heterocycles. The van der Waals surface area contributed by atoms with Crippen LogP contribution in [0.1, 0.15) is 63.6 Å². The molecule has 7 heteroatoms. The molecule has 38 heavy (non-hydrogen) atoms. The SMILES string of the molecule is C=C1[C@@H](C)[C@H]2[C@H](Cc3ccccc3)NC(=O)[C@]23OC(=O)c2cc(c(C=O)s2)CCC[C@@H](C)C/C=C/[C@H]3[C@@H]1O. The molecule has 3 aliphatic rings. The second kappa shape index (κ2) is 10.6. The molecule has 2 bridgehead atoms. The van der Waals surface area contributed by atoms with Crippen LogP contribution in [-0.2, 0) is 22.4 Å². The Hall–Kier alpha value is -3.03. The lowest BCUT2D eigenvalue weighted by Gasteiger charge is -2.49. The van der Waals surface area contributed by atoms with Crippen LogP contribution in [0, 0.1) is 23.7 Å². The van der Waals surface area contributed by atoms with Gasteiger partial charge < -0.3 is 15.2 Å². The maximum Gasteiger partial charge on any atom is 0.349 e. The highest BCUT2D eigenvalue weighted by Gasteiger charge is 2.68. The van der Waals surface area contributed by atoms with E-state index in [2.05, 4.69) is 18.8 Å². The van der Waals surface area contributed by atoms with E-state index in [1.54, 1.807) is 6.07 Å². The molecule has 1 aliphatic carbocycles. The van der Waals surface area contributed by atoms with Gasteiger partial charge in [0.15, 0.2) is 6.29 Å². The Morgan fingerprint density at radius 2 is 2.00 bits per heavy atom. The fraction of sp³-hybridized carbons (Fsp3) is 0.452. The highest BCUT2D eigenvalue weighted by molar-refractivity contribution is 7.15. The first-order valence-electron chi connectivity index (χ1n) is 13.5. The quantitative estimate of drug-likeness (QED) is 0.332. The number of fused-ring (bicyclic) bond motifs is 2. The van der Waals surface area contributed by atoms with Gasteiger partial charge in [-0.05, 0) is 60.3 Å². The zero-order valence-electron chi connectivity index (χ0n) is 21.9. The molecule has 6 nitrogen and oxygen atoms in total. The number of amides is 1. The summed E-state index contributed by atoms with van der Waals surface area (Å²) in [7, 11) is 0. The number of carbonyl (C=O) groups is 3. The van der Waals surface area contributed by atoms with Gasteiger partial charge in [0, 0.05) is 12.0 Å². The second-order valence-corrected chi connectivity index (χ2v) is 12.2. The second-order valence-electron chi connectivity index (χ2n) is 11.1. The van der Waals surface area contributed by atoms with Crippen molar-refractivity contribution in [2.75, 3.05) is 0 Å². The molecule has 1 aromatic carbocycles. The maximum absolute atomic E-state index is 14.0. The molecular formula is C31H35NO5S. The lowest BCUT2D eigenvalue weighted by molar-refractivity contribution is -0.156. The third kappa shape index (κ3) is 4.56. The molecule has 5 rings (SSSR count). The fourth-order valence-electron chi connectivity index (χ4n) is 6.62. The predicted octanol–water partition coefficient (Wildman–Crippen LogP) is 4.92.